The van der Waals surface area contributed by atoms with Crippen LogP contribution in [0.5, 0.6) is 5.75 Å². The molecule has 0 aliphatic carbocycles. The molecule has 6 heteroatoms. The van der Waals surface area contributed by atoms with E-state index in [4.69, 9.17) is 4.74 Å². The Labute approximate surface area is 174 Å². The number of carbonyl (C=O) groups is 2. The Morgan fingerprint density at radius 2 is 1.90 bits per heavy atom. The number of rotatable bonds is 6. The Morgan fingerprint density at radius 3 is 2.55 bits per heavy atom. The van der Waals surface area contributed by atoms with Crippen molar-refractivity contribution in [2.75, 3.05) is 33.3 Å². The minimum atomic E-state index is -0.471. The van der Waals surface area contributed by atoms with E-state index < -0.39 is 5.41 Å². The van der Waals surface area contributed by atoms with Gasteiger partial charge in [-0.3, -0.25) is 14.5 Å². The third kappa shape index (κ3) is 5.10. The van der Waals surface area contributed by atoms with Gasteiger partial charge in [-0.05, 0) is 56.5 Å². The average Bonchev–Trinajstić information content (AvgIpc) is 3.39. The molecule has 0 spiro atoms. The maximum atomic E-state index is 13.0. The van der Waals surface area contributed by atoms with Gasteiger partial charge in [0.05, 0.1) is 13.2 Å². The van der Waals surface area contributed by atoms with E-state index in [9.17, 15) is 9.59 Å². The normalized spacial score (nSPS) is 21.2. The Kier molecular flexibility index (Phi) is 6.83. The summed E-state index contributed by atoms with van der Waals surface area (Å²) in [6.45, 7) is 9.02. The molecule has 0 saturated carbocycles. The fourth-order valence-electron chi connectivity index (χ4n) is 4.39. The van der Waals surface area contributed by atoms with Crippen LogP contribution in [0.3, 0.4) is 0 Å². The van der Waals surface area contributed by atoms with Gasteiger partial charge in [0.1, 0.15) is 11.8 Å². The molecule has 160 valence electrons. The molecule has 2 unspecified atom stereocenters. The topological polar surface area (TPSA) is 61.9 Å². The van der Waals surface area contributed by atoms with E-state index >= 15 is 0 Å². The average molecular weight is 402 g/mol. The van der Waals surface area contributed by atoms with Crippen LogP contribution in [0.2, 0.25) is 0 Å². The Balaban J connectivity index is 1.70. The van der Waals surface area contributed by atoms with Crippen LogP contribution >= 0.6 is 0 Å². The first-order valence-corrected chi connectivity index (χ1v) is 10.8. The first kappa shape index (κ1) is 21.6. The Morgan fingerprint density at radius 1 is 1.17 bits per heavy atom. The third-order valence-corrected chi connectivity index (χ3v) is 5.99. The highest BCUT2D eigenvalue weighted by Crippen LogP contribution is 2.28. The predicted octanol–water partition coefficient (Wildman–Crippen LogP) is 2.99. The van der Waals surface area contributed by atoms with Crippen molar-refractivity contribution < 1.29 is 14.3 Å². The third-order valence-electron chi connectivity index (χ3n) is 5.99. The van der Waals surface area contributed by atoms with Gasteiger partial charge in [0, 0.05) is 18.5 Å². The summed E-state index contributed by atoms with van der Waals surface area (Å²) in [5.74, 6) is 0.849. The van der Waals surface area contributed by atoms with E-state index in [-0.39, 0.29) is 23.9 Å². The lowest BCUT2D eigenvalue weighted by atomic mass is 9.94. The summed E-state index contributed by atoms with van der Waals surface area (Å²) in [6.07, 6.45) is 3.99. The van der Waals surface area contributed by atoms with Crippen molar-refractivity contribution in [1.29, 1.82) is 0 Å². The molecule has 2 aliphatic heterocycles. The molecule has 1 aromatic rings. The quantitative estimate of drug-likeness (QED) is 0.796. The molecule has 6 nitrogen and oxygen atoms in total. The van der Waals surface area contributed by atoms with Crippen LogP contribution < -0.4 is 10.1 Å². The van der Waals surface area contributed by atoms with Gasteiger partial charge in [0.2, 0.25) is 11.8 Å². The molecule has 3 rings (SSSR count). The maximum Gasteiger partial charge on any atom is 0.242 e. The zero-order valence-electron chi connectivity index (χ0n) is 18.2. The molecular weight excluding hydrogens is 366 g/mol. The van der Waals surface area contributed by atoms with Gasteiger partial charge in [0.25, 0.3) is 0 Å². The fraction of sp³-hybridized carbons (Fsp3) is 0.652. The molecule has 2 saturated heterocycles. The zero-order valence-corrected chi connectivity index (χ0v) is 18.2. The molecule has 2 atom stereocenters. The minimum absolute atomic E-state index is 0.0350. The smallest absolute Gasteiger partial charge is 0.242 e. The standard InChI is InChI=1S/C23H35N3O3/c1-23(2,3)22(28)26-14-8-11-19(26)21(27)24-16-20(25-12-5-6-13-25)17-9-7-10-18(15-17)29-4/h7,9-10,15,19-20H,5-6,8,11-14,16H2,1-4H3,(H,24,27). The molecular formula is C23H35N3O3. The van der Waals surface area contributed by atoms with Gasteiger partial charge in [-0.2, -0.15) is 0 Å². The second-order valence-corrected chi connectivity index (χ2v) is 9.19. The van der Waals surface area contributed by atoms with E-state index in [1.165, 1.54) is 12.8 Å². The van der Waals surface area contributed by atoms with Gasteiger partial charge < -0.3 is 15.0 Å². The number of amides is 2. The second kappa shape index (κ2) is 9.16. The largest absolute Gasteiger partial charge is 0.497 e. The molecule has 0 bridgehead atoms. The molecule has 1 N–H and O–H groups in total. The van der Waals surface area contributed by atoms with E-state index in [1.807, 2.05) is 32.9 Å². The number of hydrogen-bond donors (Lipinski definition) is 1. The highest BCUT2D eigenvalue weighted by atomic mass is 16.5. The van der Waals surface area contributed by atoms with Crippen molar-refractivity contribution in [2.24, 2.45) is 5.41 Å². The van der Waals surface area contributed by atoms with Crippen LogP contribution in [-0.4, -0.2) is 60.9 Å². The highest BCUT2D eigenvalue weighted by molar-refractivity contribution is 5.90. The Bertz CT molecular complexity index is 722. The van der Waals surface area contributed by atoms with Crippen LogP contribution in [0.1, 0.15) is 58.1 Å². The summed E-state index contributed by atoms with van der Waals surface area (Å²) < 4.78 is 5.40. The van der Waals surface area contributed by atoms with E-state index in [2.05, 4.69) is 22.3 Å². The van der Waals surface area contributed by atoms with Crippen LogP contribution in [-0.2, 0) is 9.59 Å². The number of carbonyl (C=O) groups excluding carboxylic acids is 2. The number of nitrogens with one attached hydrogen (secondary N) is 1. The zero-order chi connectivity index (χ0) is 21.0. The molecule has 0 radical (unpaired) electrons. The number of likely N-dealkylation sites (tertiary alicyclic amines) is 2. The monoisotopic (exact) mass is 401 g/mol. The minimum Gasteiger partial charge on any atom is -0.497 e. The van der Waals surface area contributed by atoms with Crippen LogP contribution in [0.25, 0.3) is 0 Å². The molecule has 29 heavy (non-hydrogen) atoms. The first-order chi connectivity index (χ1) is 13.8. The number of methoxy groups -OCH3 is 1. The van der Waals surface area contributed by atoms with Gasteiger partial charge in [-0.15, -0.1) is 0 Å². The second-order valence-electron chi connectivity index (χ2n) is 9.19. The molecule has 2 heterocycles. The van der Waals surface area contributed by atoms with Crippen LogP contribution in [0, 0.1) is 5.41 Å². The van der Waals surface area contributed by atoms with Gasteiger partial charge in [0.15, 0.2) is 0 Å². The van der Waals surface area contributed by atoms with Crippen molar-refractivity contribution in [3.8, 4) is 5.75 Å². The lowest BCUT2D eigenvalue weighted by Gasteiger charge is -2.32. The van der Waals surface area contributed by atoms with Gasteiger partial charge >= 0.3 is 0 Å². The summed E-state index contributed by atoms with van der Waals surface area (Å²) in [5.41, 5.74) is 0.683. The van der Waals surface area contributed by atoms with Gasteiger partial charge in [-0.1, -0.05) is 32.9 Å². The molecule has 2 amide bonds. The highest BCUT2D eigenvalue weighted by Gasteiger charge is 2.38. The predicted molar refractivity (Wildman–Crippen MR) is 114 cm³/mol. The molecule has 2 aliphatic rings. The maximum absolute atomic E-state index is 13.0. The van der Waals surface area contributed by atoms with Crippen molar-refractivity contribution in [1.82, 2.24) is 15.1 Å². The summed E-state index contributed by atoms with van der Waals surface area (Å²) in [7, 11) is 1.67. The molecule has 1 aromatic carbocycles. The number of benzene rings is 1. The summed E-state index contributed by atoms with van der Waals surface area (Å²) in [6, 6.07) is 7.86. The summed E-state index contributed by atoms with van der Waals surface area (Å²) >= 11 is 0. The van der Waals surface area contributed by atoms with Crippen molar-refractivity contribution in [2.45, 2.75) is 58.5 Å². The van der Waals surface area contributed by atoms with Crippen LogP contribution in [0.4, 0.5) is 0 Å². The van der Waals surface area contributed by atoms with Crippen LogP contribution in [0.15, 0.2) is 24.3 Å². The number of ether oxygens (including phenoxy) is 1. The van der Waals surface area contributed by atoms with Crippen molar-refractivity contribution in [3.63, 3.8) is 0 Å². The summed E-state index contributed by atoms with van der Waals surface area (Å²) in [4.78, 5) is 30.0. The Hall–Kier alpha value is -2.08. The SMILES string of the molecule is COc1cccc(C(CNC(=O)C2CCCN2C(=O)C(C)(C)C)N2CCCC2)c1. The van der Waals surface area contributed by atoms with E-state index in [0.717, 1.165) is 37.2 Å². The van der Waals surface area contributed by atoms with E-state index in [0.29, 0.717) is 13.1 Å². The number of nitrogens with zero attached hydrogens (tertiary/aromatic N) is 2. The lowest BCUT2D eigenvalue weighted by molar-refractivity contribution is -0.144. The fourth-order valence-corrected chi connectivity index (χ4v) is 4.39. The molecule has 0 aromatic heterocycles. The van der Waals surface area contributed by atoms with E-state index in [1.54, 1.807) is 12.0 Å². The summed E-state index contributed by atoms with van der Waals surface area (Å²) in [5, 5.41) is 3.16. The molecule has 2 fully saturated rings. The first-order valence-electron chi connectivity index (χ1n) is 10.8. The lowest BCUT2D eigenvalue weighted by Crippen LogP contribution is -2.50. The van der Waals surface area contributed by atoms with Crippen molar-refractivity contribution >= 4 is 11.8 Å². The van der Waals surface area contributed by atoms with Gasteiger partial charge in [-0.25, -0.2) is 0 Å². The van der Waals surface area contributed by atoms with Crippen molar-refractivity contribution in [3.05, 3.63) is 29.8 Å². The number of hydrogen-bond acceptors (Lipinski definition) is 4.